The van der Waals surface area contributed by atoms with Gasteiger partial charge in [0.05, 0.1) is 0 Å². The van der Waals surface area contributed by atoms with E-state index >= 15 is 0 Å². The van der Waals surface area contributed by atoms with E-state index in [0.717, 1.165) is 0 Å². The highest BCUT2D eigenvalue weighted by Crippen LogP contribution is 1.76. The predicted molar refractivity (Wildman–Crippen MR) is 37.0 cm³/mol. The maximum Gasteiger partial charge on any atom is 0.0422 e. The fraction of sp³-hybridized carbons (Fsp3) is 0.500. The highest BCUT2D eigenvalue weighted by Gasteiger charge is 1.69. The van der Waals surface area contributed by atoms with Gasteiger partial charge in [-0.2, -0.15) is 0 Å². The molecule has 0 rings (SSSR count). The number of rotatable bonds is 2. The van der Waals surface area contributed by atoms with Gasteiger partial charge in [-0.1, -0.05) is 0 Å². The van der Waals surface area contributed by atoms with E-state index in [2.05, 4.69) is 4.99 Å². The zero-order chi connectivity index (χ0) is 6.41. The third kappa shape index (κ3) is 5.21. The van der Waals surface area contributed by atoms with E-state index < -0.39 is 0 Å². The Balaban J connectivity index is 3.34. The molecule has 0 aromatic heterocycles. The summed E-state index contributed by atoms with van der Waals surface area (Å²) in [6, 6.07) is 0. The molecule has 8 heavy (non-hydrogen) atoms. The van der Waals surface area contributed by atoms with Crippen LogP contribution in [0.1, 0.15) is 6.92 Å². The number of nitrogens with zero attached hydrogens (tertiary/aromatic N) is 2. The fourth-order valence-corrected chi connectivity index (χ4v) is 0.258. The zero-order valence-corrected chi connectivity index (χ0v) is 5.63. The van der Waals surface area contributed by atoms with Gasteiger partial charge in [-0.05, 0) is 6.92 Å². The number of hydrogen-bond acceptors (Lipinski definition) is 2. The van der Waals surface area contributed by atoms with Crippen molar-refractivity contribution in [2.45, 2.75) is 6.92 Å². The van der Waals surface area contributed by atoms with E-state index in [0.29, 0.717) is 0 Å². The monoisotopic (exact) mass is 112 g/mol. The molecule has 0 fully saturated rings. The third-order valence-electron chi connectivity index (χ3n) is 0.600. The van der Waals surface area contributed by atoms with Crippen molar-refractivity contribution in [2.75, 3.05) is 14.1 Å². The lowest BCUT2D eigenvalue weighted by Gasteiger charge is -1.99. The average Bonchev–Trinajstić information content (AvgIpc) is 1.66. The number of hydrogen-bond donors (Lipinski definition) is 0. The van der Waals surface area contributed by atoms with E-state index in [1.165, 1.54) is 0 Å². The van der Waals surface area contributed by atoms with Crippen LogP contribution < -0.4 is 0 Å². The van der Waals surface area contributed by atoms with E-state index in [1.807, 2.05) is 32.1 Å². The Morgan fingerprint density at radius 3 is 2.38 bits per heavy atom. The Kier molecular flexibility index (Phi) is 3.94. The molecule has 2 heteroatoms. The van der Waals surface area contributed by atoms with Crippen LogP contribution in [0, 0.1) is 0 Å². The number of aliphatic imine (C=N–C) groups is 1. The standard InChI is InChI=1S/C6H12N2/c1-4-7-5-6-8(2)3/h4-6H,1-3H3/b6-5-,7-4-. The van der Waals surface area contributed by atoms with Crippen LogP contribution >= 0.6 is 0 Å². The summed E-state index contributed by atoms with van der Waals surface area (Å²) in [4.78, 5) is 5.80. The molecular weight excluding hydrogens is 100 g/mol. The molecule has 0 aliphatic rings. The predicted octanol–water partition coefficient (Wildman–Crippen LogP) is 1.11. The quantitative estimate of drug-likeness (QED) is 0.488. The molecule has 0 bridgehead atoms. The Hall–Kier alpha value is -0.790. The van der Waals surface area contributed by atoms with Crippen molar-refractivity contribution in [3.8, 4) is 0 Å². The molecule has 0 N–H and O–H groups in total. The third-order valence-corrected chi connectivity index (χ3v) is 0.600. The van der Waals surface area contributed by atoms with Crippen molar-refractivity contribution in [2.24, 2.45) is 4.99 Å². The lowest BCUT2D eigenvalue weighted by molar-refractivity contribution is 0.562. The first-order chi connectivity index (χ1) is 3.77. The SMILES string of the molecule is C/C=N\C=C/N(C)C. The smallest absolute Gasteiger partial charge is 0.0422 e. The van der Waals surface area contributed by atoms with Gasteiger partial charge < -0.3 is 4.90 Å². The van der Waals surface area contributed by atoms with Gasteiger partial charge in [0.2, 0.25) is 0 Å². The molecule has 0 aromatic rings. The van der Waals surface area contributed by atoms with Gasteiger partial charge in [-0.15, -0.1) is 0 Å². The first-order valence-electron chi connectivity index (χ1n) is 2.58. The maximum absolute atomic E-state index is 3.86. The molecule has 2 nitrogen and oxygen atoms in total. The van der Waals surface area contributed by atoms with Crippen molar-refractivity contribution in [3.63, 3.8) is 0 Å². The van der Waals surface area contributed by atoms with Crippen molar-refractivity contribution in [1.82, 2.24) is 4.90 Å². The van der Waals surface area contributed by atoms with E-state index in [1.54, 1.807) is 12.4 Å². The minimum Gasteiger partial charge on any atom is -0.382 e. The molecule has 46 valence electrons. The van der Waals surface area contributed by atoms with Gasteiger partial charge in [0.15, 0.2) is 0 Å². The summed E-state index contributed by atoms with van der Waals surface area (Å²) in [7, 11) is 3.92. The van der Waals surface area contributed by atoms with Crippen LogP contribution in [0.2, 0.25) is 0 Å². The minimum absolute atomic E-state index is 1.75. The Morgan fingerprint density at radius 2 is 2.00 bits per heavy atom. The molecule has 0 saturated heterocycles. The van der Waals surface area contributed by atoms with Crippen molar-refractivity contribution in [1.29, 1.82) is 0 Å². The van der Waals surface area contributed by atoms with E-state index in [-0.39, 0.29) is 0 Å². The van der Waals surface area contributed by atoms with Gasteiger partial charge in [0, 0.05) is 32.7 Å². The van der Waals surface area contributed by atoms with Crippen molar-refractivity contribution >= 4 is 6.21 Å². The second-order valence-corrected chi connectivity index (χ2v) is 1.67. The molecule has 0 radical (unpaired) electrons. The Bertz CT molecular complexity index is 92.7. The summed E-state index contributed by atoms with van der Waals surface area (Å²) in [5.41, 5.74) is 0. The summed E-state index contributed by atoms with van der Waals surface area (Å²) in [5.74, 6) is 0. The van der Waals surface area contributed by atoms with Crippen LogP contribution in [-0.4, -0.2) is 25.2 Å². The van der Waals surface area contributed by atoms with Crippen LogP contribution in [-0.2, 0) is 0 Å². The second-order valence-electron chi connectivity index (χ2n) is 1.67. The lowest BCUT2D eigenvalue weighted by Crippen LogP contribution is -1.99. The normalized spacial score (nSPS) is 11.4. The van der Waals surface area contributed by atoms with Crippen LogP contribution in [0.3, 0.4) is 0 Å². The Labute approximate surface area is 50.5 Å². The summed E-state index contributed by atoms with van der Waals surface area (Å²) >= 11 is 0. The molecule has 0 amide bonds. The largest absolute Gasteiger partial charge is 0.382 e. The summed E-state index contributed by atoms with van der Waals surface area (Å²) in [6.07, 6.45) is 5.39. The lowest BCUT2D eigenvalue weighted by atomic mass is 10.8. The van der Waals surface area contributed by atoms with Gasteiger partial charge in [-0.25, -0.2) is 0 Å². The van der Waals surface area contributed by atoms with Crippen molar-refractivity contribution in [3.05, 3.63) is 12.4 Å². The summed E-state index contributed by atoms with van der Waals surface area (Å²) in [6.45, 7) is 1.89. The molecule has 0 aromatic carbocycles. The van der Waals surface area contributed by atoms with Gasteiger partial charge in [0.25, 0.3) is 0 Å². The van der Waals surface area contributed by atoms with Crippen LogP contribution in [0.15, 0.2) is 17.4 Å². The first kappa shape index (κ1) is 7.21. The summed E-state index contributed by atoms with van der Waals surface area (Å²) in [5, 5.41) is 0. The van der Waals surface area contributed by atoms with Gasteiger partial charge in [-0.3, -0.25) is 4.99 Å². The van der Waals surface area contributed by atoms with Crippen molar-refractivity contribution < 1.29 is 0 Å². The Morgan fingerprint density at radius 1 is 1.38 bits per heavy atom. The molecule has 0 aliphatic carbocycles. The average molecular weight is 112 g/mol. The zero-order valence-electron chi connectivity index (χ0n) is 5.63. The van der Waals surface area contributed by atoms with E-state index in [9.17, 15) is 0 Å². The molecule has 0 heterocycles. The second kappa shape index (κ2) is 4.37. The minimum atomic E-state index is 1.75. The molecule has 0 atom stereocenters. The molecular formula is C6H12N2. The fourth-order valence-electron chi connectivity index (χ4n) is 0.258. The topological polar surface area (TPSA) is 15.6 Å². The molecule has 0 saturated carbocycles. The van der Waals surface area contributed by atoms with E-state index in [4.69, 9.17) is 0 Å². The molecule has 0 spiro atoms. The van der Waals surface area contributed by atoms with Crippen LogP contribution in [0.25, 0.3) is 0 Å². The van der Waals surface area contributed by atoms with Crippen LogP contribution in [0.4, 0.5) is 0 Å². The molecule has 0 aliphatic heterocycles. The van der Waals surface area contributed by atoms with Gasteiger partial charge in [0.1, 0.15) is 0 Å². The van der Waals surface area contributed by atoms with Gasteiger partial charge >= 0.3 is 0 Å². The summed E-state index contributed by atoms with van der Waals surface area (Å²) < 4.78 is 0. The highest BCUT2D eigenvalue weighted by atomic mass is 15.0. The van der Waals surface area contributed by atoms with Crippen LogP contribution in [0.5, 0.6) is 0 Å². The molecule has 0 unspecified atom stereocenters. The highest BCUT2D eigenvalue weighted by molar-refractivity contribution is 5.54. The maximum atomic E-state index is 3.86. The first-order valence-corrected chi connectivity index (χ1v) is 2.58.